The van der Waals surface area contributed by atoms with E-state index in [2.05, 4.69) is 0 Å². The number of likely N-dealkylation sites (tertiary alicyclic amines) is 1. The average molecular weight is 375 g/mol. The van der Waals surface area contributed by atoms with Crippen molar-refractivity contribution in [2.75, 3.05) is 6.54 Å². The van der Waals surface area contributed by atoms with Gasteiger partial charge in [0.05, 0.1) is 23.8 Å². The van der Waals surface area contributed by atoms with Crippen molar-refractivity contribution >= 4 is 58.1 Å². The number of hydrogen-bond acceptors (Lipinski definition) is 7. The van der Waals surface area contributed by atoms with Crippen LogP contribution in [0.1, 0.15) is 12.0 Å². The molecule has 9 heteroatoms. The van der Waals surface area contributed by atoms with E-state index in [9.17, 15) is 24.3 Å². The van der Waals surface area contributed by atoms with Gasteiger partial charge in [-0.05, 0) is 11.6 Å². The van der Waals surface area contributed by atoms with Crippen molar-refractivity contribution in [2.45, 2.75) is 12.5 Å². The van der Waals surface area contributed by atoms with Crippen LogP contribution in [-0.2, 0) is 19.2 Å². The fourth-order valence-corrected chi connectivity index (χ4v) is 3.97. The maximum atomic E-state index is 12.6. The van der Waals surface area contributed by atoms with Gasteiger partial charge in [-0.25, -0.2) is 0 Å². The van der Waals surface area contributed by atoms with Crippen molar-refractivity contribution in [3.8, 4) is 0 Å². The Balaban J connectivity index is 1.84. The van der Waals surface area contributed by atoms with Crippen molar-refractivity contribution in [1.29, 1.82) is 0 Å². The molecule has 7 nitrogen and oxygen atoms in total. The van der Waals surface area contributed by atoms with Gasteiger partial charge in [-0.15, -0.1) is 0 Å². The fourth-order valence-electron chi connectivity index (χ4n) is 2.61. The van der Waals surface area contributed by atoms with Gasteiger partial charge in [0, 0.05) is 0 Å². The Hall–Kier alpha value is -2.52. The minimum atomic E-state index is -1.54. The number of carbonyl (C=O) groups is 4. The molecule has 2 aliphatic rings. The number of thiocarbonyl (C=S) groups is 1. The number of thioether (sulfide) groups is 1. The zero-order valence-electron chi connectivity index (χ0n) is 12.7. The minimum Gasteiger partial charge on any atom is -0.548 e. The quantitative estimate of drug-likeness (QED) is 0.407. The van der Waals surface area contributed by atoms with E-state index in [4.69, 9.17) is 12.2 Å². The van der Waals surface area contributed by atoms with Crippen LogP contribution in [0.2, 0.25) is 0 Å². The Bertz CT molecular complexity index is 821. The predicted octanol–water partition coefficient (Wildman–Crippen LogP) is -0.235. The third-order valence-corrected chi connectivity index (χ3v) is 5.07. The standard InChI is InChI=1S/C16H12N2O5S2/c19-12-7-10(14(22)17(12)8-13(20)21)18-15(23)11(25-16(18)24)6-9-4-2-1-3-5-9/h1-6,10H,7-8H2,(H,20,21)/p-1/b11-6+/t10-/m1/s1. The molecule has 25 heavy (non-hydrogen) atoms. The highest BCUT2D eigenvalue weighted by Crippen LogP contribution is 2.36. The molecule has 1 aromatic rings. The van der Waals surface area contributed by atoms with Crippen LogP contribution in [0.25, 0.3) is 6.08 Å². The van der Waals surface area contributed by atoms with Crippen molar-refractivity contribution in [1.82, 2.24) is 9.80 Å². The van der Waals surface area contributed by atoms with E-state index in [1.165, 1.54) is 0 Å². The molecule has 0 radical (unpaired) electrons. The van der Waals surface area contributed by atoms with Crippen LogP contribution < -0.4 is 5.11 Å². The summed E-state index contributed by atoms with van der Waals surface area (Å²) in [6, 6.07) is 8.02. The van der Waals surface area contributed by atoms with Crippen LogP contribution in [-0.4, -0.2) is 50.4 Å². The largest absolute Gasteiger partial charge is 0.548 e. The molecular weight excluding hydrogens is 364 g/mol. The van der Waals surface area contributed by atoms with E-state index in [1.807, 2.05) is 30.3 Å². The van der Waals surface area contributed by atoms with E-state index in [-0.39, 0.29) is 10.7 Å². The van der Waals surface area contributed by atoms with E-state index >= 15 is 0 Å². The summed E-state index contributed by atoms with van der Waals surface area (Å²) in [6.45, 7) is -0.831. The number of hydrogen-bond donors (Lipinski definition) is 0. The second-order valence-corrected chi connectivity index (χ2v) is 7.05. The molecule has 0 unspecified atom stereocenters. The van der Waals surface area contributed by atoms with Gasteiger partial charge >= 0.3 is 0 Å². The van der Waals surface area contributed by atoms with Gasteiger partial charge in [-0.1, -0.05) is 54.3 Å². The molecule has 1 atom stereocenters. The maximum absolute atomic E-state index is 12.6. The van der Waals surface area contributed by atoms with Gasteiger partial charge in [-0.3, -0.25) is 24.2 Å². The van der Waals surface area contributed by atoms with Crippen LogP contribution in [0.4, 0.5) is 0 Å². The third-order valence-electron chi connectivity index (χ3n) is 3.74. The lowest BCUT2D eigenvalue weighted by molar-refractivity contribution is -0.305. The molecule has 0 saturated carbocycles. The molecule has 128 valence electrons. The van der Waals surface area contributed by atoms with Gasteiger partial charge in [0.2, 0.25) is 5.91 Å². The zero-order chi connectivity index (χ0) is 18.1. The van der Waals surface area contributed by atoms with Gasteiger partial charge in [0.1, 0.15) is 10.4 Å². The number of benzene rings is 1. The molecule has 3 rings (SSSR count). The highest BCUT2D eigenvalue weighted by molar-refractivity contribution is 8.26. The van der Waals surface area contributed by atoms with Gasteiger partial charge in [0.25, 0.3) is 11.8 Å². The van der Waals surface area contributed by atoms with Crippen LogP contribution in [0.5, 0.6) is 0 Å². The SMILES string of the molecule is O=C([O-])CN1C(=O)C[C@@H](N2C(=O)/C(=C\c3ccccc3)SC2=S)C1=O. The molecule has 2 heterocycles. The van der Waals surface area contributed by atoms with E-state index in [1.54, 1.807) is 6.08 Å². The first kappa shape index (κ1) is 17.3. The van der Waals surface area contributed by atoms with Crippen LogP contribution in [0.15, 0.2) is 35.2 Å². The Morgan fingerprint density at radius 2 is 1.96 bits per heavy atom. The summed E-state index contributed by atoms with van der Waals surface area (Å²) in [5.74, 6) is -3.44. The highest BCUT2D eigenvalue weighted by atomic mass is 32.2. The van der Waals surface area contributed by atoms with Gasteiger partial charge in [0.15, 0.2) is 0 Å². The Labute approximate surface area is 152 Å². The second-order valence-electron chi connectivity index (χ2n) is 5.37. The summed E-state index contributed by atoms with van der Waals surface area (Å²) < 4.78 is 0.161. The average Bonchev–Trinajstić information content (AvgIpc) is 2.98. The van der Waals surface area contributed by atoms with Crippen LogP contribution >= 0.6 is 24.0 Å². The number of nitrogens with zero attached hydrogens (tertiary/aromatic N) is 2. The molecule has 0 spiro atoms. The topological polar surface area (TPSA) is 97.8 Å². The first-order chi connectivity index (χ1) is 11.9. The molecular formula is C16H11N2O5S2-. The zero-order valence-corrected chi connectivity index (χ0v) is 14.3. The van der Waals surface area contributed by atoms with Gasteiger partial charge < -0.3 is 9.90 Å². The van der Waals surface area contributed by atoms with Crippen LogP contribution in [0.3, 0.4) is 0 Å². The third kappa shape index (κ3) is 3.33. The van der Waals surface area contributed by atoms with Gasteiger partial charge in [-0.2, -0.15) is 0 Å². The number of imide groups is 1. The molecule has 2 saturated heterocycles. The first-order valence-corrected chi connectivity index (χ1v) is 8.47. The molecule has 0 aliphatic carbocycles. The number of aliphatic carboxylic acids is 1. The number of carbonyl (C=O) groups excluding carboxylic acids is 4. The summed E-state index contributed by atoms with van der Waals surface area (Å²) in [4.78, 5) is 49.5. The number of carboxylic acid groups (broad SMARTS) is 1. The molecule has 2 aliphatic heterocycles. The second kappa shape index (κ2) is 6.77. The Morgan fingerprint density at radius 1 is 1.28 bits per heavy atom. The maximum Gasteiger partial charge on any atom is 0.266 e. The lowest BCUT2D eigenvalue weighted by atomic mass is 10.2. The normalized spacial score (nSPS) is 22.4. The number of carboxylic acids is 1. The van der Waals surface area contributed by atoms with Crippen molar-refractivity contribution in [2.24, 2.45) is 0 Å². The number of rotatable bonds is 4. The first-order valence-electron chi connectivity index (χ1n) is 7.24. The summed E-state index contributed by atoms with van der Waals surface area (Å²) in [5, 5.41) is 10.7. The molecule has 1 aromatic carbocycles. The molecule has 0 aromatic heterocycles. The predicted molar refractivity (Wildman–Crippen MR) is 91.6 cm³/mol. The summed E-state index contributed by atoms with van der Waals surface area (Å²) in [6.07, 6.45) is 1.36. The Kier molecular flexibility index (Phi) is 4.69. The van der Waals surface area contributed by atoms with Crippen LogP contribution in [0, 0.1) is 0 Å². The molecule has 2 fully saturated rings. The van der Waals surface area contributed by atoms with Crippen molar-refractivity contribution in [3.05, 3.63) is 40.8 Å². The molecule has 0 N–H and O–H groups in total. The Morgan fingerprint density at radius 3 is 2.60 bits per heavy atom. The van der Waals surface area contributed by atoms with E-state index in [0.717, 1.165) is 22.2 Å². The van der Waals surface area contributed by atoms with E-state index in [0.29, 0.717) is 9.81 Å². The number of amides is 3. The van der Waals surface area contributed by atoms with Crippen molar-refractivity contribution in [3.63, 3.8) is 0 Å². The summed E-state index contributed by atoms with van der Waals surface area (Å²) >= 11 is 6.22. The summed E-state index contributed by atoms with van der Waals surface area (Å²) in [5.41, 5.74) is 0.801. The monoisotopic (exact) mass is 375 g/mol. The lowest BCUT2D eigenvalue weighted by Crippen LogP contribution is -2.46. The highest BCUT2D eigenvalue weighted by Gasteiger charge is 2.48. The fraction of sp³-hybridized carbons (Fsp3) is 0.188. The van der Waals surface area contributed by atoms with Crippen molar-refractivity contribution < 1.29 is 24.3 Å². The molecule has 0 bridgehead atoms. The summed E-state index contributed by atoms with van der Waals surface area (Å²) in [7, 11) is 0. The smallest absolute Gasteiger partial charge is 0.266 e. The minimum absolute atomic E-state index is 0.161. The van der Waals surface area contributed by atoms with E-state index < -0.39 is 36.3 Å². The molecule has 3 amide bonds. The lowest BCUT2D eigenvalue weighted by Gasteiger charge is -2.21.